The van der Waals surface area contributed by atoms with Gasteiger partial charge in [-0.15, -0.1) is 21.6 Å². The molecule has 35 heavy (non-hydrogen) atoms. The lowest BCUT2D eigenvalue weighted by Crippen LogP contribution is -2.28. The van der Waals surface area contributed by atoms with Gasteiger partial charge in [-0.2, -0.15) is 0 Å². The summed E-state index contributed by atoms with van der Waals surface area (Å²) < 4.78 is 0. The number of carbonyl (C=O) groups excluding carboxylic acids is 1. The van der Waals surface area contributed by atoms with Crippen molar-refractivity contribution < 1.29 is 4.79 Å². The van der Waals surface area contributed by atoms with E-state index < -0.39 is 0 Å². The maximum Gasteiger partial charge on any atom is 0.186 e. The van der Waals surface area contributed by atoms with E-state index >= 15 is 0 Å². The minimum atomic E-state index is -0.330. The van der Waals surface area contributed by atoms with Crippen LogP contribution in [-0.2, 0) is 4.79 Å². The number of hydrogen-bond acceptors (Lipinski definition) is 4. The molecule has 0 amide bonds. The molecule has 1 heterocycles. The Morgan fingerprint density at radius 3 is 2.11 bits per heavy atom. The fourth-order valence-corrected chi connectivity index (χ4v) is 5.33. The second-order valence-electron chi connectivity index (χ2n) is 10.7. The zero-order valence-electron chi connectivity index (χ0n) is 20.7. The Labute approximate surface area is 220 Å². The number of ketones is 1. The molecule has 1 aliphatic rings. The summed E-state index contributed by atoms with van der Waals surface area (Å²) in [7, 11) is 0. The quantitative estimate of drug-likeness (QED) is 0.315. The van der Waals surface area contributed by atoms with Gasteiger partial charge < -0.3 is 0 Å². The van der Waals surface area contributed by atoms with Crippen molar-refractivity contribution in [1.29, 1.82) is 0 Å². The molecule has 0 atom stereocenters. The molecular weight excluding hydrogens is 495 g/mol. The first-order chi connectivity index (χ1) is 16.4. The van der Waals surface area contributed by atoms with E-state index in [0.717, 1.165) is 32.4 Å². The minimum absolute atomic E-state index is 0.0824. The number of benzene rings is 2. The molecule has 0 bridgehead atoms. The summed E-state index contributed by atoms with van der Waals surface area (Å²) in [6.45, 7) is 12.4. The highest BCUT2D eigenvalue weighted by atomic mass is 35.5. The Kier molecular flexibility index (Phi) is 6.93. The average molecular weight is 524 g/mol. The van der Waals surface area contributed by atoms with E-state index in [4.69, 9.17) is 28.3 Å². The summed E-state index contributed by atoms with van der Waals surface area (Å²) in [6.07, 6.45) is 3.94. The summed E-state index contributed by atoms with van der Waals surface area (Å²) in [4.78, 5) is 14.5. The first kappa shape index (κ1) is 25.6. The van der Waals surface area contributed by atoms with Gasteiger partial charge in [0, 0.05) is 22.1 Å². The number of rotatable bonds is 3. The number of hydrogen-bond donors (Lipinski definition) is 0. The van der Waals surface area contributed by atoms with Gasteiger partial charge in [0.05, 0.1) is 14.9 Å². The zero-order chi connectivity index (χ0) is 25.5. The summed E-state index contributed by atoms with van der Waals surface area (Å²) in [5.74, 6) is 0.0824. The van der Waals surface area contributed by atoms with Crippen molar-refractivity contribution in [2.75, 3.05) is 0 Å². The molecule has 4 rings (SSSR count). The van der Waals surface area contributed by atoms with Crippen LogP contribution < -0.4 is 0 Å². The lowest BCUT2D eigenvalue weighted by molar-refractivity contribution is -0.114. The normalized spacial score (nSPS) is 15.1. The van der Waals surface area contributed by atoms with Gasteiger partial charge in [0.1, 0.15) is 11.4 Å². The molecule has 3 aromatic rings. The number of Topliss-reactive ketones (excluding diaryl/α,β-unsaturated/α-hetero) is 1. The van der Waals surface area contributed by atoms with Crippen LogP contribution >= 0.6 is 34.5 Å². The molecule has 180 valence electrons. The third-order valence-electron chi connectivity index (χ3n) is 5.89. The van der Waals surface area contributed by atoms with Crippen LogP contribution in [0.15, 0.2) is 86.9 Å². The molecule has 0 unspecified atom stereocenters. The molecule has 0 saturated heterocycles. The SMILES string of the molecule is CC(C)(C)C1=CC(=C(N=Nc2cccc(Cl)c2Cl)c2scc3ccccc23)C=C(C(C)(C)C)C1=O. The lowest BCUT2D eigenvalue weighted by Gasteiger charge is -2.31. The highest BCUT2D eigenvalue weighted by molar-refractivity contribution is 7.12. The molecule has 0 radical (unpaired) electrons. The van der Waals surface area contributed by atoms with E-state index in [2.05, 4.69) is 64.2 Å². The summed E-state index contributed by atoms with van der Waals surface area (Å²) in [6, 6.07) is 13.5. The minimum Gasteiger partial charge on any atom is -0.289 e. The third kappa shape index (κ3) is 5.20. The van der Waals surface area contributed by atoms with Gasteiger partial charge in [0.15, 0.2) is 5.78 Å². The van der Waals surface area contributed by atoms with Crippen LogP contribution in [-0.4, -0.2) is 5.78 Å². The second kappa shape index (κ2) is 9.50. The standard InChI is InChI=1S/C29H28Cl2N2OS/c1-28(2,3)20-14-18(15-21(26(20)34)29(4,5)6)25(27-19-11-8-7-10-17(19)16-35-27)33-32-23-13-9-12-22(30)24(23)31/h7-16H,1-6H3. The van der Waals surface area contributed by atoms with E-state index in [1.165, 1.54) is 0 Å². The monoisotopic (exact) mass is 522 g/mol. The van der Waals surface area contributed by atoms with Crippen molar-refractivity contribution in [3.05, 3.63) is 91.6 Å². The smallest absolute Gasteiger partial charge is 0.186 e. The van der Waals surface area contributed by atoms with Gasteiger partial charge in [-0.1, -0.05) is 95.1 Å². The molecule has 0 saturated carbocycles. The predicted molar refractivity (Wildman–Crippen MR) is 150 cm³/mol. The average Bonchev–Trinajstić information content (AvgIpc) is 3.20. The molecule has 0 fully saturated rings. The molecular formula is C29H28Cl2N2OS. The number of carbonyl (C=O) groups is 1. The first-order valence-corrected chi connectivity index (χ1v) is 13.1. The largest absolute Gasteiger partial charge is 0.289 e. The van der Waals surface area contributed by atoms with Gasteiger partial charge >= 0.3 is 0 Å². The Morgan fingerprint density at radius 1 is 0.857 bits per heavy atom. The predicted octanol–water partition coefficient (Wildman–Crippen LogP) is 10.2. The van der Waals surface area contributed by atoms with Gasteiger partial charge in [-0.05, 0) is 45.9 Å². The fraction of sp³-hybridized carbons (Fsp3) is 0.276. The number of allylic oxidation sites excluding steroid dienone is 5. The molecule has 1 aliphatic carbocycles. The fourth-order valence-electron chi connectivity index (χ4n) is 3.96. The van der Waals surface area contributed by atoms with Crippen molar-refractivity contribution in [2.45, 2.75) is 41.5 Å². The maximum atomic E-state index is 13.5. The molecule has 2 aromatic carbocycles. The van der Waals surface area contributed by atoms with E-state index in [-0.39, 0.29) is 16.6 Å². The topological polar surface area (TPSA) is 41.8 Å². The summed E-state index contributed by atoms with van der Waals surface area (Å²) in [5, 5.41) is 14.4. The highest BCUT2D eigenvalue weighted by Crippen LogP contribution is 2.43. The van der Waals surface area contributed by atoms with Crippen LogP contribution in [0.3, 0.4) is 0 Å². The van der Waals surface area contributed by atoms with Gasteiger partial charge in [-0.25, -0.2) is 0 Å². The van der Waals surface area contributed by atoms with Crippen LogP contribution in [0, 0.1) is 10.8 Å². The summed E-state index contributed by atoms with van der Waals surface area (Å²) >= 11 is 14.2. The van der Waals surface area contributed by atoms with Crippen molar-refractivity contribution in [3.8, 4) is 0 Å². The Balaban J connectivity index is 2.04. The molecule has 1 aromatic heterocycles. The van der Waals surface area contributed by atoms with Gasteiger partial charge in [-0.3, -0.25) is 4.79 Å². The van der Waals surface area contributed by atoms with Crippen LogP contribution in [0.2, 0.25) is 10.0 Å². The number of azo groups is 1. The Hall–Kier alpha value is -2.53. The van der Waals surface area contributed by atoms with Crippen molar-refractivity contribution in [2.24, 2.45) is 21.1 Å². The number of nitrogens with zero attached hydrogens (tertiary/aromatic N) is 2. The third-order valence-corrected chi connectivity index (χ3v) is 7.72. The molecule has 3 nitrogen and oxygen atoms in total. The van der Waals surface area contributed by atoms with Crippen LogP contribution in [0.1, 0.15) is 46.4 Å². The van der Waals surface area contributed by atoms with E-state index in [1.807, 2.05) is 24.3 Å². The van der Waals surface area contributed by atoms with E-state index in [0.29, 0.717) is 21.4 Å². The van der Waals surface area contributed by atoms with Crippen LogP contribution in [0.4, 0.5) is 5.69 Å². The van der Waals surface area contributed by atoms with Gasteiger partial charge in [0.25, 0.3) is 0 Å². The molecule has 6 heteroatoms. The highest BCUT2D eigenvalue weighted by Gasteiger charge is 2.35. The maximum absolute atomic E-state index is 13.5. The second-order valence-corrected chi connectivity index (χ2v) is 12.3. The van der Waals surface area contributed by atoms with Crippen molar-refractivity contribution in [1.82, 2.24) is 0 Å². The Bertz CT molecular complexity index is 1410. The molecule has 0 spiro atoms. The van der Waals surface area contributed by atoms with Gasteiger partial charge in [0.2, 0.25) is 0 Å². The lowest BCUT2D eigenvalue weighted by atomic mass is 9.71. The summed E-state index contributed by atoms with van der Waals surface area (Å²) in [5.41, 5.74) is 2.90. The van der Waals surface area contributed by atoms with Crippen LogP contribution in [0.25, 0.3) is 16.5 Å². The van der Waals surface area contributed by atoms with E-state index in [9.17, 15) is 4.79 Å². The van der Waals surface area contributed by atoms with Crippen molar-refractivity contribution in [3.63, 3.8) is 0 Å². The number of halogens is 2. The number of thiophene rings is 1. The zero-order valence-corrected chi connectivity index (χ0v) is 23.1. The molecule has 0 N–H and O–H groups in total. The van der Waals surface area contributed by atoms with Crippen molar-refractivity contribution >= 4 is 62.5 Å². The van der Waals surface area contributed by atoms with E-state index in [1.54, 1.807) is 29.5 Å². The Morgan fingerprint density at radius 2 is 1.49 bits per heavy atom. The number of fused-ring (bicyclic) bond motifs is 1. The van der Waals surface area contributed by atoms with Crippen LogP contribution in [0.5, 0.6) is 0 Å². The first-order valence-electron chi connectivity index (χ1n) is 11.4. The molecule has 0 aliphatic heterocycles.